The van der Waals surface area contributed by atoms with E-state index in [2.05, 4.69) is 158 Å². The molecule has 0 radical (unpaired) electrons. The molecule has 0 aliphatic heterocycles. The fourth-order valence-corrected chi connectivity index (χ4v) is 7.72. The van der Waals surface area contributed by atoms with Crippen molar-refractivity contribution in [1.29, 1.82) is 0 Å². The Kier molecular flexibility index (Phi) is 7.14. The SMILES string of the molecule is c1ccc(-c2nc(-c3ccccc3)c(-c3cccc(-c4nc5ccccc5c5c6ccccc6c6ccccc6c45)c3)c(-c3ccccc3)n2)cc1. The van der Waals surface area contributed by atoms with E-state index in [1.807, 2.05) is 30.3 Å². The van der Waals surface area contributed by atoms with Crippen LogP contribution in [0.1, 0.15) is 0 Å². The molecule has 8 aromatic carbocycles. The van der Waals surface area contributed by atoms with E-state index in [-0.39, 0.29) is 0 Å². The number of hydrogen-bond donors (Lipinski definition) is 0. The van der Waals surface area contributed by atoms with Crippen molar-refractivity contribution in [2.45, 2.75) is 0 Å². The van der Waals surface area contributed by atoms with Gasteiger partial charge in [0.2, 0.25) is 0 Å². The van der Waals surface area contributed by atoms with Crippen molar-refractivity contribution in [2.75, 3.05) is 0 Å². The van der Waals surface area contributed by atoms with Gasteiger partial charge >= 0.3 is 0 Å². The Morgan fingerprint density at radius 3 is 1.31 bits per heavy atom. The Bertz CT molecular complexity index is 2880. The van der Waals surface area contributed by atoms with Gasteiger partial charge in [-0.2, -0.15) is 0 Å². The van der Waals surface area contributed by atoms with Gasteiger partial charge in [-0.25, -0.2) is 15.0 Å². The molecule has 0 atom stereocenters. The van der Waals surface area contributed by atoms with E-state index >= 15 is 0 Å². The predicted octanol–water partition coefficient (Wildman–Crippen LogP) is 12.8. The summed E-state index contributed by atoms with van der Waals surface area (Å²) in [7, 11) is 0. The minimum absolute atomic E-state index is 0.693. The number of benzene rings is 8. The maximum absolute atomic E-state index is 5.45. The minimum atomic E-state index is 0.693. The lowest BCUT2D eigenvalue weighted by atomic mass is 9.88. The highest BCUT2D eigenvalue weighted by atomic mass is 14.9. The predicted molar refractivity (Wildman–Crippen MR) is 217 cm³/mol. The Morgan fingerprint density at radius 2 is 0.712 bits per heavy atom. The Hall–Kier alpha value is -6.97. The van der Waals surface area contributed by atoms with Gasteiger partial charge in [-0.3, -0.25) is 0 Å². The van der Waals surface area contributed by atoms with Crippen LogP contribution in [0.15, 0.2) is 188 Å². The third-order valence-electron chi connectivity index (χ3n) is 10.0. The summed E-state index contributed by atoms with van der Waals surface area (Å²) in [6, 6.07) is 66.0. The molecule has 0 spiro atoms. The van der Waals surface area contributed by atoms with Gasteiger partial charge in [0, 0.05) is 44.0 Å². The van der Waals surface area contributed by atoms with Crippen LogP contribution in [0, 0.1) is 0 Å². The molecule has 0 fully saturated rings. The summed E-state index contributed by atoms with van der Waals surface area (Å²) in [6.45, 7) is 0. The number of para-hydroxylation sites is 1. The van der Waals surface area contributed by atoms with Crippen molar-refractivity contribution in [3.8, 4) is 56.3 Å². The van der Waals surface area contributed by atoms with Gasteiger partial charge in [0.05, 0.1) is 22.6 Å². The molecule has 0 saturated carbocycles. The quantitative estimate of drug-likeness (QED) is 0.172. The van der Waals surface area contributed by atoms with E-state index in [0.717, 1.165) is 66.8 Å². The summed E-state index contributed by atoms with van der Waals surface area (Å²) in [5.41, 5.74) is 9.81. The van der Waals surface area contributed by atoms with Crippen LogP contribution in [0.3, 0.4) is 0 Å². The fraction of sp³-hybridized carbons (Fsp3) is 0. The van der Waals surface area contributed by atoms with Crippen molar-refractivity contribution in [3.05, 3.63) is 188 Å². The first-order valence-corrected chi connectivity index (χ1v) is 17.6. The lowest BCUT2D eigenvalue weighted by molar-refractivity contribution is 1.18. The number of fused-ring (bicyclic) bond motifs is 8. The number of rotatable bonds is 5. The highest BCUT2D eigenvalue weighted by molar-refractivity contribution is 6.33. The number of pyridine rings is 1. The second-order valence-corrected chi connectivity index (χ2v) is 13.1. The maximum atomic E-state index is 5.45. The fourth-order valence-electron chi connectivity index (χ4n) is 7.72. The van der Waals surface area contributed by atoms with Gasteiger partial charge < -0.3 is 0 Å². The largest absolute Gasteiger partial charge is 0.247 e. The first kappa shape index (κ1) is 29.9. The lowest BCUT2D eigenvalue weighted by Gasteiger charge is -2.19. The van der Waals surface area contributed by atoms with E-state index in [4.69, 9.17) is 15.0 Å². The molecule has 10 rings (SSSR count). The molecule has 0 amide bonds. The van der Waals surface area contributed by atoms with Crippen molar-refractivity contribution in [1.82, 2.24) is 15.0 Å². The van der Waals surface area contributed by atoms with Crippen LogP contribution in [-0.4, -0.2) is 15.0 Å². The summed E-state index contributed by atoms with van der Waals surface area (Å²) in [6.07, 6.45) is 0. The van der Waals surface area contributed by atoms with Gasteiger partial charge in [0.25, 0.3) is 0 Å². The minimum Gasteiger partial charge on any atom is -0.247 e. The molecule has 52 heavy (non-hydrogen) atoms. The normalized spacial score (nSPS) is 11.5. The molecule has 2 heterocycles. The zero-order chi connectivity index (χ0) is 34.4. The highest BCUT2D eigenvalue weighted by Crippen LogP contribution is 2.45. The standard InChI is InChI=1S/C49H31N3/c1-4-17-32(18-5-1)46-43(47(33-19-6-2-7-20-33)52-49(51-46)34-21-8-3-9-22-34)35-23-16-24-36(31-35)48-45-40-28-13-11-26-38(40)37-25-10-12-27-39(37)44(45)41-29-14-15-30-42(41)50-48/h1-31H. The molecule has 0 aliphatic carbocycles. The molecule has 10 aromatic rings. The first-order chi connectivity index (χ1) is 25.8. The average Bonchev–Trinajstić information content (AvgIpc) is 3.23. The van der Waals surface area contributed by atoms with Gasteiger partial charge in [-0.1, -0.05) is 176 Å². The van der Waals surface area contributed by atoms with Gasteiger partial charge in [0.15, 0.2) is 5.82 Å². The first-order valence-electron chi connectivity index (χ1n) is 17.6. The van der Waals surface area contributed by atoms with Gasteiger partial charge in [0.1, 0.15) is 0 Å². The summed E-state index contributed by atoms with van der Waals surface area (Å²) in [4.78, 5) is 16.1. The molecule has 2 aromatic heterocycles. The second kappa shape index (κ2) is 12.4. The van der Waals surface area contributed by atoms with E-state index in [1.54, 1.807) is 0 Å². The molecule has 0 aliphatic rings. The molecule has 0 N–H and O–H groups in total. The third-order valence-corrected chi connectivity index (χ3v) is 10.0. The molecular weight excluding hydrogens is 631 g/mol. The van der Waals surface area contributed by atoms with Gasteiger partial charge in [-0.05, 0) is 39.2 Å². The van der Waals surface area contributed by atoms with E-state index in [9.17, 15) is 0 Å². The van der Waals surface area contributed by atoms with Crippen molar-refractivity contribution >= 4 is 43.2 Å². The Balaban J connectivity index is 1.31. The number of hydrogen-bond acceptors (Lipinski definition) is 3. The second-order valence-electron chi connectivity index (χ2n) is 13.1. The monoisotopic (exact) mass is 661 g/mol. The third kappa shape index (κ3) is 4.94. The molecular formula is C49H31N3. The molecule has 0 saturated heterocycles. The smallest absolute Gasteiger partial charge is 0.160 e. The van der Waals surface area contributed by atoms with Crippen LogP contribution in [0.5, 0.6) is 0 Å². The molecule has 0 unspecified atom stereocenters. The van der Waals surface area contributed by atoms with Crippen LogP contribution in [0.4, 0.5) is 0 Å². The highest BCUT2D eigenvalue weighted by Gasteiger charge is 2.22. The lowest BCUT2D eigenvalue weighted by Crippen LogP contribution is -2.01. The average molecular weight is 662 g/mol. The van der Waals surface area contributed by atoms with Crippen LogP contribution < -0.4 is 0 Å². The van der Waals surface area contributed by atoms with Crippen LogP contribution in [0.2, 0.25) is 0 Å². The molecule has 3 heteroatoms. The van der Waals surface area contributed by atoms with E-state index < -0.39 is 0 Å². The van der Waals surface area contributed by atoms with Gasteiger partial charge in [-0.15, -0.1) is 0 Å². The summed E-state index contributed by atoms with van der Waals surface area (Å²) in [5, 5.41) is 8.44. The number of aromatic nitrogens is 3. The Labute approximate surface area is 301 Å². The van der Waals surface area contributed by atoms with Crippen LogP contribution >= 0.6 is 0 Å². The zero-order valence-electron chi connectivity index (χ0n) is 28.2. The molecule has 0 bridgehead atoms. The maximum Gasteiger partial charge on any atom is 0.160 e. The summed E-state index contributed by atoms with van der Waals surface area (Å²) >= 11 is 0. The Morgan fingerprint density at radius 1 is 0.269 bits per heavy atom. The molecule has 242 valence electrons. The number of nitrogens with zero attached hydrogens (tertiary/aromatic N) is 3. The van der Waals surface area contributed by atoms with Crippen molar-refractivity contribution in [3.63, 3.8) is 0 Å². The topological polar surface area (TPSA) is 38.7 Å². The van der Waals surface area contributed by atoms with E-state index in [1.165, 1.54) is 26.9 Å². The summed E-state index contributed by atoms with van der Waals surface area (Å²) < 4.78 is 0. The van der Waals surface area contributed by atoms with E-state index in [0.29, 0.717) is 5.82 Å². The van der Waals surface area contributed by atoms with Crippen LogP contribution in [-0.2, 0) is 0 Å². The van der Waals surface area contributed by atoms with Crippen LogP contribution in [0.25, 0.3) is 99.5 Å². The van der Waals surface area contributed by atoms with Crippen molar-refractivity contribution < 1.29 is 0 Å². The summed E-state index contributed by atoms with van der Waals surface area (Å²) in [5.74, 6) is 0.693. The molecule has 3 nitrogen and oxygen atoms in total. The van der Waals surface area contributed by atoms with Crippen molar-refractivity contribution in [2.24, 2.45) is 0 Å². The zero-order valence-corrected chi connectivity index (χ0v) is 28.2.